The lowest BCUT2D eigenvalue weighted by Gasteiger charge is -2.25. The van der Waals surface area contributed by atoms with Crippen LogP contribution >= 0.6 is 0 Å². The third kappa shape index (κ3) is 3.35. The summed E-state index contributed by atoms with van der Waals surface area (Å²) in [6, 6.07) is 13.8. The maximum absolute atomic E-state index is 12.6. The van der Waals surface area contributed by atoms with Crippen LogP contribution in [-0.2, 0) is 24.7 Å². The Labute approximate surface area is 158 Å². The Hall–Kier alpha value is -3.02. The number of amides is 1. The van der Waals surface area contributed by atoms with Gasteiger partial charge in [0.2, 0.25) is 5.91 Å². The van der Waals surface area contributed by atoms with E-state index >= 15 is 0 Å². The van der Waals surface area contributed by atoms with Crippen LogP contribution in [0, 0.1) is 5.92 Å². The molecule has 0 radical (unpaired) electrons. The van der Waals surface area contributed by atoms with Crippen molar-refractivity contribution in [3.63, 3.8) is 0 Å². The smallest absolute Gasteiger partial charge is 0.226 e. The Morgan fingerprint density at radius 2 is 2.15 bits per heavy atom. The van der Waals surface area contributed by atoms with Crippen LogP contribution in [0.1, 0.15) is 11.4 Å². The number of methoxy groups -OCH3 is 1. The van der Waals surface area contributed by atoms with Crippen LogP contribution in [-0.4, -0.2) is 35.7 Å². The first-order chi connectivity index (χ1) is 13.2. The van der Waals surface area contributed by atoms with Crippen LogP contribution in [0.4, 0.5) is 0 Å². The summed E-state index contributed by atoms with van der Waals surface area (Å²) in [5.74, 6) is 2.26. The highest BCUT2D eigenvalue weighted by Crippen LogP contribution is 2.36. The van der Waals surface area contributed by atoms with Gasteiger partial charge < -0.3 is 19.4 Å². The van der Waals surface area contributed by atoms with Crippen molar-refractivity contribution in [2.45, 2.75) is 12.8 Å². The zero-order chi connectivity index (χ0) is 18.8. The van der Waals surface area contributed by atoms with E-state index in [1.165, 1.54) is 0 Å². The van der Waals surface area contributed by atoms with Gasteiger partial charge >= 0.3 is 0 Å². The van der Waals surface area contributed by atoms with E-state index in [9.17, 15) is 4.79 Å². The van der Waals surface area contributed by atoms with E-state index < -0.39 is 0 Å². The van der Waals surface area contributed by atoms with E-state index in [1.54, 1.807) is 7.11 Å². The maximum Gasteiger partial charge on any atom is 0.226 e. The number of benzene rings is 2. The molecule has 1 aliphatic rings. The number of fused-ring (bicyclic) bond motifs is 2. The number of para-hydroxylation sites is 3. The van der Waals surface area contributed by atoms with E-state index in [1.807, 2.05) is 43.4 Å². The molecule has 0 spiro atoms. The second-order valence-electron chi connectivity index (χ2n) is 6.78. The minimum Gasteiger partial charge on any atom is -0.493 e. The number of imidazole rings is 1. The zero-order valence-corrected chi connectivity index (χ0v) is 15.6. The fourth-order valence-corrected chi connectivity index (χ4v) is 3.58. The lowest BCUT2D eigenvalue weighted by Crippen LogP contribution is -2.38. The lowest BCUT2D eigenvalue weighted by atomic mass is 9.95. The van der Waals surface area contributed by atoms with Crippen LogP contribution < -0.4 is 14.8 Å². The summed E-state index contributed by atoms with van der Waals surface area (Å²) in [6.07, 6.45) is 1.35. The Bertz CT molecular complexity index is 980. The van der Waals surface area contributed by atoms with Crippen molar-refractivity contribution in [3.8, 4) is 11.5 Å². The molecule has 0 aliphatic carbocycles. The molecule has 3 aromatic rings. The van der Waals surface area contributed by atoms with Gasteiger partial charge in [0.05, 0.1) is 24.1 Å². The van der Waals surface area contributed by atoms with Crippen LogP contribution in [0.25, 0.3) is 11.0 Å². The monoisotopic (exact) mass is 365 g/mol. The average Bonchev–Trinajstić information content (AvgIpc) is 3.03. The molecule has 1 N–H and O–H groups in total. The van der Waals surface area contributed by atoms with Gasteiger partial charge in [0.25, 0.3) is 0 Å². The summed E-state index contributed by atoms with van der Waals surface area (Å²) < 4.78 is 13.2. The zero-order valence-electron chi connectivity index (χ0n) is 15.6. The Balaban J connectivity index is 1.36. The standard InChI is InChI=1S/C21H23N3O3/c1-24-17-8-4-3-7-16(17)23-19(24)10-11-22-21(25)15-12-14-6-5-9-18(26-2)20(14)27-13-15/h3-9,15H,10-13H2,1-2H3,(H,22,25). The lowest BCUT2D eigenvalue weighted by molar-refractivity contribution is -0.126. The van der Waals surface area contributed by atoms with Crippen molar-refractivity contribution >= 4 is 16.9 Å². The molecule has 0 bridgehead atoms. The van der Waals surface area contributed by atoms with Crippen LogP contribution in [0.2, 0.25) is 0 Å². The fraction of sp³-hybridized carbons (Fsp3) is 0.333. The number of nitrogens with zero attached hydrogens (tertiary/aromatic N) is 2. The van der Waals surface area contributed by atoms with Gasteiger partial charge in [-0.3, -0.25) is 4.79 Å². The molecular weight excluding hydrogens is 342 g/mol. The molecule has 6 heteroatoms. The first-order valence-corrected chi connectivity index (χ1v) is 9.14. The van der Waals surface area contributed by atoms with Gasteiger partial charge in [-0.2, -0.15) is 0 Å². The van der Waals surface area contributed by atoms with E-state index in [4.69, 9.17) is 9.47 Å². The quantitative estimate of drug-likeness (QED) is 0.754. The predicted octanol–water partition coefficient (Wildman–Crippen LogP) is 2.49. The molecule has 1 amide bonds. The van der Waals surface area contributed by atoms with Crippen LogP contribution in [0.15, 0.2) is 42.5 Å². The van der Waals surface area contributed by atoms with Gasteiger partial charge in [0.1, 0.15) is 12.4 Å². The minimum absolute atomic E-state index is 0.0160. The van der Waals surface area contributed by atoms with Gasteiger partial charge in [-0.05, 0) is 30.2 Å². The van der Waals surface area contributed by atoms with Gasteiger partial charge in [-0.1, -0.05) is 24.3 Å². The Kier molecular flexibility index (Phi) is 4.71. The van der Waals surface area contributed by atoms with Crippen LogP contribution in [0.3, 0.4) is 0 Å². The third-order valence-corrected chi connectivity index (χ3v) is 5.07. The topological polar surface area (TPSA) is 65.4 Å². The van der Waals surface area contributed by atoms with E-state index in [0.717, 1.165) is 28.2 Å². The molecule has 140 valence electrons. The molecule has 0 saturated heterocycles. The van der Waals surface area contributed by atoms with Gasteiger partial charge in [0, 0.05) is 20.0 Å². The summed E-state index contributed by atoms with van der Waals surface area (Å²) in [6.45, 7) is 0.920. The van der Waals surface area contributed by atoms with E-state index in [2.05, 4.69) is 20.9 Å². The molecule has 2 aromatic carbocycles. The second kappa shape index (κ2) is 7.31. The van der Waals surface area contributed by atoms with Crippen molar-refractivity contribution in [2.75, 3.05) is 20.3 Å². The number of nitrogens with one attached hydrogen (secondary N) is 1. The predicted molar refractivity (Wildman–Crippen MR) is 103 cm³/mol. The molecule has 0 fully saturated rings. The highest BCUT2D eigenvalue weighted by atomic mass is 16.5. The molecule has 1 aromatic heterocycles. The highest BCUT2D eigenvalue weighted by molar-refractivity contribution is 5.80. The van der Waals surface area contributed by atoms with Crippen LogP contribution in [0.5, 0.6) is 11.5 Å². The summed E-state index contributed by atoms with van der Waals surface area (Å²) in [7, 11) is 3.63. The second-order valence-corrected chi connectivity index (χ2v) is 6.78. The number of aromatic nitrogens is 2. The van der Waals surface area contributed by atoms with Crippen molar-refractivity contribution < 1.29 is 14.3 Å². The molecular formula is C21H23N3O3. The Morgan fingerprint density at radius 1 is 1.30 bits per heavy atom. The van der Waals surface area contributed by atoms with Gasteiger partial charge in [0.15, 0.2) is 11.5 Å². The normalized spacial score (nSPS) is 15.9. The number of hydrogen-bond donors (Lipinski definition) is 1. The molecule has 6 nitrogen and oxygen atoms in total. The molecule has 4 rings (SSSR count). The fourth-order valence-electron chi connectivity index (χ4n) is 3.58. The molecule has 1 unspecified atom stereocenters. The highest BCUT2D eigenvalue weighted by Gasteiger charge is 2.27. The van der Waals surface area contributed by atoms with Crippen molar-refractivity contribution in [1.29, 1.82) is 0 Å². The molecule has 1 aliphatic heterocycles. The van der Waals surface area contributed by atoms with Crippen molar-refractivity contribution in [2.24, 2.45) is 13.0 Å². The first-order valence-electron chi connectivity index (χ1n) is 9.14. The molecule has 1 atom stereocenters. The maximum atomic E-state index is 12.6. The van der Waals surface area contributed by atoms with Gasteiger partial charge in [-0.15, -0.1) is 0 Å². The molecule has 2 heterocycles. The number of aryl methyl sites for hydroxylation is 1. The largest absolute Gasteiger partial charge is 0.493 e. The van der Waals surface area contributed by atoms with E-state index in [0.29, 0.717) is 31.7 Å². The average molecular weight is 365 g/mol. The number of rotatable bonds is 5. The number of carbonyl (C=O) groups excluding carboxylic acids is 1. The van der Waals surface area contributed by atoms with Crippen molar-refractivity contribution in [3.05, 3.63) is 53.9 Å². The number of carbonyl (C=O) groups is 1. The number of ether oxygens (including phenoxy) is 2. The minimum atomic E-state index is -0.190. The third-order valence-electron chi connectivity index (χ3n) is 5.07. The molecule has 0 saturated carbocycles. The SMILES string of the molecule is COc1cccc2c1OCC(C(=O)NCCc1nc3ccccc3n1C)C2. The molecule has 27 heavy (non-hydrogen) atoms. The van der Waals surface area contributed by atoms with E-state index in [-0.39, 0.29) is 11.8 Å². The number of hydrogen-bond acceptors (Lipinski definition) is 4. The van der Waals surface area contributed by atoms with Gasteiger partial charge in [-0.25, -0.2) is 4.98 Å². The first kappa shape index (κ1) is 17.4. The Morgan fingerprint density at radius 3 is 2.96 bits per heavy atom. The summed E-state index contributed by atoms with van der Waals surface area (Å²) >= 11 is 0. The summed E-state index contributed by atoms with van der Waals surface area (Å²) in [4.78, 5) is 17.2. The summed E-state index contributed by atoms with van der Waals surface area (Å²) in [5.41, 5.74) is 3.09. The summed E-state index contributed by atoms with van der Waals surface area (Å²) in [5, 5.41) is 3.03. The van der Waals surface area contributed by atoms with Crippen molar-refractivity contribution in [1.82, 2.24) is 14.9 Å².